The van der Waals surface area contributed by atoms with Crippen LogP contribution in [0.2, 0.25) is 0 Å². The Morgan fingerprint density at radius 1 is 1.13 bits per heavy atom. The van der Waals surface area contributed by atoms with Gasteiger partial charge >= 0.3 is 0 Å². The van der Waals surface area contributed by atoms with Crippen molar-refractivity contribution < 1.29 is 20.1 Å². The van der Waals surface area contributed by atoms with Gasteiger partial charge < -0.3 is 20.1 Å². The molecule has 0 bridgehead atoms. The van der Waals surface area contributed by atoms with Crippen molar-refractivity contribution in [2.75, 3.05) is 6.61 Å². The molecule has 5 N–H and O–H groups in total. The van der Waals surface area contributed by atoms with Crippen LogP contribution in [0.4, 0.5) is 0 Å². The van der Waals surface area contributed by atoms with Crippen LogP contribution in [-0.4, -0.2) is 75.8 Å². The summed E-state index contributed by atoms with van der Waals surface area (Å²) in [6.45, 7) is -0.403. The molecule has 0 aliphatic carbocycles. The second-order valence-electron chi connectivity index (χ2n) is 5.17. The van der Waals surface area contributed by atoms with Gasteiger partial charge in [-0.1, -0.05) is 0 Å². The number of aromatic amines is 2. The minimum absolute atomic E-state index is 0.398. The highest BCUT2D eigenvalue weighted by Gasteiger charge is 2.44. The average molecular weight is 319 g/mol. The lowest BCUT2D eigenvalue weighted by Gasteiger charge is -2.12. The van der Waals surface area contributed by atoms with Crippen molar-refractivity contribution in [1.82, 2.24) is 35.6 Å². The van der Waals surface area contributed by atoms with Gasteiger partial charge in [0.1, 0.15) is 53.2 Å². The summed E-state index contributed by atoms with van der Waals surface area (Å²) in [6.07, 6.45) is -1.31. The molecule has 120 valence electrons. The number of nitrogens with one attached hydrogen (secondary N) is 2. The topological polar surface area (TPSA) is 166 Å². The van der Waals surface area contributed by atoms with Crippen molar-refractivity contribution in [2.45, 2.75) is 24.4 Å². The highest BCUT2D eigenvalue weighted by Crippen LogP contribution is 2.36. The Kier molecular flexibility index (Phi) is 3.27. The van der Waals surface area contributed by atoms with Crippen molar-refractivity contribution >= 4 is 11.0 Å². The van der Waals surface area contributed by atoms with E-state index in [1.165, 1.54) is 12.5 Å². The summed E-state index contributed by atoms with van der Waals surface area (Å²) in [6, 6.07) is 0. The van der Waals surface area contributed by atoms with E-state index in [9.17, 15) is 15.3 Å². The number of aliphatic hydroxyl groups is 3. The molecule has 4 rings (SSSR count). The number of H-pyrrole nitrogens is 2. The van der Waals surface area contributed by atoms with Gasteiger partial charge in [-0.15, -0.1) is 0 Å². The Balaban J connectivity index is 1.80. The second-order valence-corrected chi connectivity index (χ2v) is 5.17. The Morgan fingerprint density at radius 3 is 2.70 bits per heavy atom. The summed E-state index contributed by atoms with van der Waals surface area (Å²) in [5, 5.41) is 46.3. The number of hydrogen-bond donors (Lipinski definition) is 5. The number of nitrogens with zero attached hydrogens (tertiary/aromatic N) is 5. The monoisotopic (exact) mass is 319 g/mol. The number of aliphatic hydroxyl groups excluding tert-OH is 3. The van der Waals surface area contributed by atoms with Crippen LogP contribution in [-0.2, 0) is 4.74 Å². The van der Waals surface area contributed by atoms with E-state index < -0.39 is 31.0 Å². The molecule has 0 radical (unpaired) electrons. The molecule has 11 heteroatoms. The van der Waals surface area contributed by atoms with E-state index in [0.717, 1.165) is 0 Å². The Hall–Kier alpha value is -2.47. The van der Waals surface area contributed by atoms with Gasteiger partial charge in [0.25, 0.3) is 0 Å². The quantitative estimate of drug-likeness (QED) is 0.378. The van der Waals surface area contributed by atoms with Crippen molar-refractivity contribution in [1.29, 1.82) is 0 Å². The lowest BCUT2D eigenvalue weighted by molar-refractivity contribution is -0.0236. The van der Waals surface area contributed by atoms with Crippen molar-refractivity contribution in [3.05, 3.63) is 18.2 Å². The number of rotatable bonds is 3. The van der Waals surface area contributed by atoms with E-state index in [2.05, 4.69) is 35.6 Å². The van der Waals surface area contributed by atoms with Gasteiger partial charge in [-0.25, -0.2) is 9.97 Å². The molecule has 3 aromatic heterocycles. The number of fused-ring (bicyclic) bond motifs is 1. The van der Waals surface area contributed by atoms with Crippen LogP contribution >= 0.6 is 0 Å². The van der Waals surface area contributed by atoms with Crippen LogP contribution in [0.3, 0.4) is 0 Å². The molecule has 0 unspecified atom stereocenters. The van der Waals surface area contributed by atoms with Crippen molar-refractivity contribution in [3.8, 4) is 11.4 Å². The Bertz CT molecular complexity index is 820. The summed E-state index contributed by atoms with van der Waals surface area (Å²) < 4.78 is 5.50. The third-order valence-electron chi connectivity index (χ3n) is 3.85. The second kappa shape index (κ2) is 5.31. The van der Waals surface area contributed by atoms with Gasteiger partial charge in [0.15, 0.2) is 0 Å². The molecular weight excluding hydrogens is 306 g/mol. The fraction of sp³-hybridized carbons (Fsp3) is 0.417. The standard InChI is InChI=1S/C12H13N7O4/c20-2-5-10(21)11(22)12(23-5)9-7-8(17-18-9)6(13-3-14-7)4-1-15-19-16-4/h1,3,5,10-12,20-22H,2H2,(H,17,18)(H,15,16,19)/t5-,10-,11-,12+/m1/s1. The first-order chi connectivity index (χ1) is 11.2. The first-order valence-electron chi connectivity index (χ1n) is 6.88. The molecule has 4 heterocycles. The minimum Gasteiger partial charge on any atom is -0.394 e. The van der Waals surface area contributed by atoms with E-state index in [0.29, 0.717) is 28.1 Å². The number of hydrogen-bond acceptors (Lipinski definition) is 9. The third-order valence-corrected chi connectivity index (χ3v) is 3.85. The van der Waals surface area contributed by atoms with E-state index >= 15 is 0 Å². The normalized spacial score (nSPS) is 27.8. The summed E-state index contributed by atoms with van der Waals surface area (Å²) in [5.41, 5.74) is 2.24. The van der Waals surface area contributed by atoms with Gasteiger partial charge in [0, 0.05) is 0 Å². The van der Waals surface area contributed by atoms with Crippen LogP contribution in [0, 0.1) is 0 Å². The highest BCUT2D eigenvalue weighted by molar-refractivity contribution is 5.89. The fourth-order valence-corrected chi connectivity index (χ4v) is 2.69. The first kappa shape index (κ1) is 14.1. The highest BCUT2D eigenvalue weighted by atomic mass is 16.6. The maximum Gasteiger partial charge on any atom is 0.139 e. The molecule has 0 amide bonds. The summed E-state index contributed by atoms with van der Waals surface area (Å²) >= 11 is 0. The SMILES string of the molecule is OC[C@H]1O[C@@H](c2[nH]nc3c(-c4cn[nH]n4)ncnc23)[C@H](O)[C@@H]1O. The molecule has 1 aliphatic rings. The van der Waals surface area contributed by atoms with Gasteiger partial charge in [-0.2, -0.15) is 20.5 Å². The Morgan fingerprint density at radius 2 is 2.00 bits per heavy atom. The fourth-order valence-electron chi connectivity index (χ4n) is 2.69. The zero-order valence-electron chi connectivity index (χ0n) is 11.7. The van der Waals surface area contributed by atoms with E-state index in [1.54, 1.807) is 0 Å². The number of aromatic nitrogens is 7. The predicted molar refractivity (Wildman–Crippen MR) is 73.8 cm³/mol. The molecule has 1 fully saturated rings. The summed E-state index contributed by atoms with van der Waals surface area (Å²) in [7, 11) is 0. The maximum atomic E-state index is 10.1. The van der Waals surface area contributed by atoms with E-state index in [1.807, 2.05) is 0 Å². The van der Waals surface area contributed by atoms with Gasteiger partial charge in [0.2, 0.25) is 0 Å². The zero-order valence-corrected chi connectivity index (χ0v) is 11.7. The maximum absolute atomic E-state index is 10.1. The minimum atomic E-state index is -1.21. The van der Waals surface area contributed by atoms with Crippen LogP contribution in [0.15, 0.2) is 12.5 Å². The third kappa shape index (κ3) is 2.09. The van der Waals surface area contributed by atoms with Gasteiger partial charge in [-0.3, -0.25) is 5.10 Å². The predicted octanol–water partition coefficient (Wildman–Crippen LogP) is -1.71. The average Bonchev–Trinajstić information content (AvgIpc) is 3.28. The largest absolute Gasteiger partial charge is 0.394 e. The van der Waals surface area contributed by atoms with Crippen LogP contribution in [0.25, 0.3) is 22.4 Å². The molecule has 0 aromatic carbocycles. The summed E-state index contributed by atoms with van der Waals surface area (Å²) in [5.74, 6) is 0. The molecule has 3 aromatic rings. The molecule has 23 heavy (non-hydrogen) atoms. The zero-order chi connectivity index (χ0) is 16.0. The molecule has 1 saturated heterocycles. The van der Waals surface area contributed by atoms with E-state index in [-0.39, 0.29) is 0 Å². The smallest absolute Gasteiger partial charge is 0.139 e. The van der Waals surface area contributed by atoms with Crippen LogP contribution in [0.5, 0.6) is 0 Å². The number of ether oxygens (including phenoxy) is 1. The lowest BCUT2D eigenvalue weighted by Crippen LogP contribution is -2.32. The van der Waals surface area contributed by atoms with Crippen molar-refractivity contribution in [2.24, 2.45) is 0 Å². The van der Waals surface area contributed by atoms with Crippen LogP contribution < -0.4 is 0 Å². The van der Waals surface area contributed by atoms with Crippen molar-refractivity contribution in [3.63, 3.8) is 0 Å². The van der Waals surface area contributed by atoms with E-state index in [4.69, 9.17) is 4.74 Å². The van der Waals surface area contributed by atoms with Crippen LogP contribution in [0.1, 0.15) is 11.8 Å². The molecule has 11 nitrogen and oxygen atoms in total. The first-order valence-corrected chi connectivity index (χ1v) is 6.88. The molecule has 1 aliphatic heterocycles. The lowest BCUT2D eigenvalue weighted by atomic mass is 10.1. The molecular formula is C12H13N7O4. The molecule has 4 atom stereocenters. The summed E-state index contributed by atoms with van der Waals surface area (Å²) in [4.78, 5) is 8.31. The van der Waals surface area contributed by atoms with Gasteiger partial charge in [-0.05, 0) is 0 Å². The Labute approximate surface area is 128 Å². The van der Waals surface area contributed by atoms with Gasteiger partial charge in [0.05, 0.1) is 18.5 Å². The molecule has 0 saturated carbocycles. The molecule has 0 spiro atoms.